The highest BCUT2D eigenvalue weighted by molar-refractivity contribution is 7.88. The molecule has 1 aliphatic rings. The Morgan fingerprint density at radius 3 is 2.32 bits per heavy atom. The van der Waals surface area contributed by atoms with Crippen LogP contribution in [0.1, 0.15) is 11.1 Å². The molecule has 1 aliphatic heterocycles. The molecule has 1 fully saturated rings. The fraction of sp³-hybridized carbons (Fsp3) is 0.250. The molecule has 1 amide bonds. The van der Waals surface area contributed by atoms with Crippen LogP contribution in [0, 0.1) is 0 Å². The van der Waals surface area contributed by atoms with E-state index in [4.69, 9.17) is 23.2 Å². The Balaban J connectivity index is 1.57. The van der Waals surface area contributed by atoms with Crippen LogP contribution in [0.2, 0.25) is 10.0 Å². The number of carbonyl (C=O) groups is 1. The van der Waals surface area contributed by atoms with E-state index in [1.807, 2.05) is 18.2 Å². The van der Waals surface area contributed by atoms with Gasteiger partial charge in [0, 0.05) is 42.3 Å². The fourth-order valence-electron chi connectivity index (χ4n) is 2.97. The molecule has 0 saturated carbocycles. The smallest absolute Gasteiger partial charge is 0.246 e. The highest BCUT2D eigenvalue weighted by Crippen LogP contribution is 2.22. The van der Waals surface area contributed by atoms with Gasteiger partial charge < -0.3 is 4.90 Å². The van der Waals surface area contributed by atoms with Crippen LogP contribution in [-0.4, -0.2) is 49.7 Å². The minimum atomic E-state index is -3.40. The van der Waals surface area contributed by atoms with Crippen molar-refractivity contribution in [1.29, 1.82) is 0 Å². The normalized spacial score (nSPS) is 15.9. The molecule has 0 atom stereocenters. The van der Waals surface area contributed by atoms with E-state index in [9.17, 15) is 13.2 Å². The summed E-state index contributed by atoms with van der Waals surface area (Å²) in [5, 5.41) is 0.995. The van der Waals surface area contributed by atoms with Crippen molar-refractivity contribution < 1.29 is 13.2 Å². The number of rotatable bonds is 5. The summed E-state index contributed by atoms with van der Waals surface area (Å²) in [5.74, 6) is -0.206. The maximum atomic E-state index is 12.6. The highest BCUT2D eigenvalue weighted by atomic mass is 35.5. The first-order chi connectivity index (χ1) is 13.3. The molecule has 0 radical (unpaired) electrons. The van der Waals surface area contributed by atoms with Gasteiger partial charge in [-0.1, -0.05) is 59.6 Å². The number of halogens is 2. The van der Waals surface area contributed by atoms with Crippen LogP contribution in [0.4, 0.5) is 0 Å². The van der Waals surface area contributed by atoms with E-state index in [0.29, 0.717) is 28.7 Å². The summed E-state index contributed by atoms with van der Waals surface area (Å²) >= 11 is 12.0. The topological polar surface area (TPSA) is 57.7 Å². The van der Waals surface area contributed by atoms with Crippen LogP contribution in [0.15, 0.2) is 54.6 Å². The molecule has 0 unspecified atom stereocenters. The average Bonchev–Trinajstić information content (AvgIpc) is 2.67. The van der Waals surface area contributed by atoms with E-state index in [0.717, 1.165) is 5.56 Å². The lowest BCUT2D eigenvalue weighted by Crippen LogP contribution is -2.50. The van der Waals surface area contributed by atoms with Crippen LogP contribution < -0.4 is 0 Å². The zero-order chi connectivity index (χ0) is 20.1. The van der Waals surface area contributed by atoms with Gasteiger partial charge in [-0.15, -0.1) is 0 Å². The summed E-state index contributed by atoms with van der Waals surface area (Å²) in [5.41, 5.74) is 1.45. The largest absolute Gasteiger partial charge is 0.337 e. The van der Waals surface area contributed by atoms with Crippen molar-refractivity contribution in [1.82, 2.24) is 9.21 Å². The third-order valence-electron chi connectivity index (χ3n) is 4.50. The lowest BCUT2D eigenvalue weighted by molar-refractivity contribution is -0.127. The van der Waals surface area contributed by atoms with Gasteiger partial charge in [0.15, 0.2) is 0 Å². The number of hydrogen-bond donors (Lipinski definition) is 0. The molecule has 0 aromatic heterocycles. The Morgan fingerprint density at radius 2 is 1.68 bits per heavy atom. The van der Waals surface area contributed by atoms with Gasteiger partial charge in [-0.05, 0) is 29.3 Å². The van der Waals surface area contributed by atoms with Crippen LogP contribution in [0.25, 0.3) is 6.08 Å². The Bertz CT molecular complexity index is 970. The molecule has 0 spiro atoms. The summed E-state index contributed by atoms with van der Waals surface area (Å²) in [6, 6.07) is 14.1. The third kappa shape index (κ3) is 5.35. The van der Waals surface area contributed by atoms with Gasteiger partial charge in [-0.3, -0.25) is 4.79 Å². The molecule has 28 heavy (non-hydrogen) atoms. The van der Waals surface area contributed by atoms with Crippen molar-refractivity contribution in [3.8, 4) is 0 Å². The molecule has 3 rings (SSSR count). The van der Waals surface area contributed by atoms with Crippen LogP contribution >= 0.6 is 23.2 Å². The molecular weight excluding hydrogens is 419 g/mol. The zero-order valence-electron chi connectivity index (χ0n) is 15.1. The van der Waals surface area contributed by atoms with E-state index in [2.05, 4.69) is 0 Å². The van der Waals surface area contributed by atoms with Crippen molar-refractivity contribution in [3.63, 3.8) is 0 Å². The highest BCUT2D eigenvalue weighted by Gasteiger charge is 2.28. The minimum Gasteiger partial charge on any atom is -0.337 e. The predicted molar refractivity (Wildman–Crippen MR) is 113 cm³/mol. The Morgan fingerprint density at radius 1 is 1.00 bits per heavy atom. The van der Waals surface area contributed by atoms with Crippen molar-refractivity contribution in [2.45, 2.75) is 5.75 Å². The van der Waals surface area contributed by atoms with Gasteiger partial charge in [-0.2, -0.15) is 4.31 Å². The molecule has 2 aromatic rings. The third-order valence-corrected chi connectivity index (χ3v) is 6.92. The van der Waals surface area contributed by atoms with E-state index in [-0.39, 0.29) is 24.7 Å². The quantitative estimate of drug-likeness (QED) is 0.668. The maximum absolute atomic E-state index is 12.6. The Hall–Kier alpha value is -1.86. The van der Waals surface area contributed by atoms with Gasteiger partial charge >= 0.3 is 0 Å². The van der Waals surface area contributed by atoms with Crippen molar-refractivity contribution in [2.24, 2.45) is 0 Å². The van der Waals surface area contributed by atoms with Crippen LogP contribution in [0.5, 0.6) is 0 Å². The van der Waals surface area contributed by atoms with Gasteiger partial charge in [-0.25, -0.2) is 8.42 Å². The average molecular weight is 439 g/mol. The summed E-state index contributed by atoms with van der Waals surface area (Å²) in [7, 11) is -3.40. The van der Waals surface area contributed by atoms with E-state index >= 15 is 0 Å². The molecule has 8 heteroatoms. The molecule has 0 aliphatic carbocycles. The lowest BCUT2D eigenvalue weighted by Gasteiger charge is -2.33. The zero-order valence-corrected chi connectivity index (χ0v) is 17.4. The van der Waals surface area contributed by atoms with Gasteiger partial charge in [0.1, 0.15) is 0 Å². The van der Waals surface area contributed by atoms with Crippen molar-refractivity contribution in [2.75, 3.05) is 26.2 Å². The number of sulfonamides is 1. The molecule has 1 saturated heterocycles. The molecule has 0 N–H and O–H groups in total. The fourth-order valence-corrected chi connectivity index (χ4v) is 4.95. The summed E-state index contributed by atoms with van der Waals surface area (Å²) in [4.78, 5) is 14.0. The first-order valence-electron chi connectivity index (χ1n) is 8.79. The van der Waals surface area contributed by atoms with Crippen LogP contribution in [0.3, 0.4) is 0 Å². The second-order valence-corrected chi connectivity index (χ2v) is 9.28. The molecule has 0 bridgehead atoms. The number of hydrogen-bond acceptors (Lipinski definition) is 3. The molecule has 1 heterocycles. The second-order valence-electron chi connectivity index (χ2n) is 6.47. The number of carbonyl (C=O) groups excluding carboxylic acids is 1. The summed E-state index contributed by atoms with van der Waals surface area (Å²) in [6.07, 6.45) is 3.09. The maximum Gasteiger partial charge on any atom is 0.246 e. The number of piperazine rings is 1. The summed E-state index contributed by atoms with van der Waals surface area (Å²) in [6.45, 7) is 1.28. The van der Waals surface area contributed by atoms with E-state index in [1.165, 1.54) is 10.4 Å². The molecule has 5 nitrogen and oxygen atoms in total. The standard InChI is InChI=1S/C20H20Cl2N2O3S/c21-18-8-6-17(19(22)14-18)7-9-20(25)23-10-12-24(13-11-23)28(26,27)15-16-4-2-1-3-5-16/h1-9,14H,10-13,15H2. The van der Waals surface area contributed by atoms with E-state index in [1.54, 1.807) is 41.3 Å². The van der Waals surface area contributed by atoms with Crippen molar-refractivity contribution >= 4 is 45.2 Å². The minimum absolute atomic E-state index is 0.0310. The molecular formula is C20H20Cl2N2O3S. The molecule has 2 aromatic carbocycles. The van der Waals surface area contributed by atoms with E-state index < -0.39 is 10.0 Å². The Labute approximate surface area is 175 Å². The number of benzene rings is 2. The first-order valence-corrected chi connectivity index (χ1v) is 11.2. The predicted octanol–water partition coefficient (Wildman–Crippen LogP) is 3.68. The lowest BCUT2D eigenvalue weighted by atomic mass is 10.2. The SMILES string of the molecule is O=C(C=Cc1ccc(Cl)cc1Cl)N1CCN(S(=O)(=O)Cc2ccccc2)CC1. The van der Waals surface area contributed by atoms with Gasteiger partial charge in [0.2, 0.25) is 15.9 Å². The Kier molecular flexibility index (Phi) is 6.78. The summed E-state index contributed by atoms with van der Waals surface area (Å²) < 4.78 is 26.6. The van der Waals surface area contributed by atoms with Crippen molar-refractivity contribution in [3.05, 3.63) is 75.8 Å². The number of nitrogens with zero attached hydrogens (tertiary/aromatic N) is 2. The number of amides is 1. The molecule has 148 valence electrons. The van der Waals surface area contributed by atoms with Crippen LogP contribution in [-0.2, 0) is 20.6 Å². The monoisotopic (exact) mass is 438 g/mol. The first kappa shape index (κ1) is 20.9. The van der Waals surface area contributed by atoms with Gasteiger partial charge in [0.25, 0.3) is 0 Å². The van der Waals surface area contributed by atoms with Gasteiger partial charge in [0.05, 0.1) is 5.75 Å². The second kappa shape index (κ2) is 9.09.